The summed E-state index contributed by atoms with van der Waals surface area (Å²) in [6.45, 7) is 12.4. The van der Waals surface area contributed by atoms with Crippen LogP contribution in [0.5, 0.6) is 0 Å². The lowest BCUT2D eigenvalue weighted by molar-refractivity contribution is 0.0124. The summed E-state index contributed by atoms with van der Waals surface area (Å²) < 4.78 is 21.7. The Balaban J connectivity index is 0.00000202. The number of hydrogen-bond donors (Lipinski definition) is 0. The third-order valence-corrected chi connectivity index (χ3v) is 7.58. The lowest BCUT2D eigenvalue weighted by atomic mass is 10.1. The normalized spacial score (nSPS) is 18.2. The first-order valence-corrected chi connectivity index (χ1v) is 13.7. The Morgan fingerprint density at radius 2 is 1.67 bits per heavy atom. The Morgan fingerprint density at radius 3 is 2.29 bits per heavy atom. The molecular weight excluding hydrogens is 574 g/mol. The molecule has 0 N–H and O–H groups in total. The standard InChI is InChI=1S/C30H34FN7O2.2H2S/c1-18-26-28(34-19(2)33-18)38(27(35-26)22-10-23(31)13-32-12-22)15-21-8-6-20(7-9-21)14-36-16-25-11-24(36)17-37(25)29(39)40-30(3,4)5;;/h6-10,12-13,24-25H,11,14-17H2,1-5H3;2*1H2/t24-,25-;;/m0../s1. The molecule has 1 aromatic carbocycles. The summed E-state index contributed by atoms with van der Waals surface area (Å²) in [5.41, 5.74) is 4.62. The summed E-state index contributed by atoms with van der Waals surface area (Å²) in [7, 11) is 0. The summed E-state index contributed by atoms with van der Waals surface area (Å²) in [6, 6.07) is 10.6. The number of hydrogen-bond acceptors (Lipinski definition) is 7. The summed E-state index contributed by atoms with van der Waals surface area (Å²) in [5, 5.41) is 0. The van der Waals surface area contributed by atoms with Crippen LogP contribution in [0.3, 0.4) is 0 Å². The van der Waals surface area contributed by atoms with Gasteiger partial charge in [0.2, 0.25) is 0 Å². The second-order valence-electron chi connectivity index (χ2n) is 11.9. The number of fused-ring (bicyclic) bond motifs is 3. The smallest absolute Gasteiger partial charge is 0.410 e. The van der Waals surface area contributed by atoms with Crippen LogP contribution in [0.15, 0.2) is 42.7 Å². The van der Waals surface area contributed by atoms with E-state index in [-0.39, 0.29) is 39.1 Å². The largest absolute Gasteiger partial charge is 0.444 e. The molecule has 0 saturated carbocycles. The molecule has 2 atom stereocenters. The zero-order chi connectivity index (χ0) is 28.2. The van der Waals surface area contributed by atoms with Crippen molar-refractivity contribution in [2.75, 3.05) is 13.1 Å². The van der Waals surface area contributed by atoms with Crippen molar-refractivity contribution in [3.63, 3.8) is 0 Å². The maximum atomic E-state index is 14.0. The molecule has 0 radical (unpaired) electrons. The van der Waals surface area contributed by atoms with E-state index in [1.165, 1.54) is 17.8 Å². The van der Waals surface area contributed by atoms with Crippen molar-refractivity contribution in [3.8, 4) is 11.4 Å². The van der Waals surface area contributed by atoms with Gasteiger partial charge in [-0.25, -0.2) is 24.1 Å². The molecule has 0 spiro atoms. The second-order valence-corrected chi connectivity index (χ2v) is 11.9. The molecule has 3 aromatic heterocycles. The van der Waals surface area contributed by atoms with E-state index in [1.54, 1.807) is 6.20 Å². The number of likely N-dealkylation sites (tertiary alicyclic amines) is 2. The Bertz CT molecular complexity index is 1590. The molecule has 2 saturated heterocycles. The van der Waals surface area contributed by atoms with E-state index >= 15 is 0 Å². The fourth-order valence-corrected chi connectivity index (χ4v) is 5.83. The van der Waals surface area contributed by atoms with Gasteiger partial charge in [-0.3, -0.25) is 9.88 Å². The Labute approximate surface area is 259 Å². The fraction of sp³-hybridized carbons (Fsp3) is 0.433. The van der Waals surface area contributed by atoms with Gasteiger partial charge in [0.15, 0.2) is 5.65 Å². The number of benzene rings is 1. The Hall–Kier alpha value is -3.22. The summed E-state index contributed by atoms with van der Waals surface area (Å²) >= 11 is 0. The summed E-state index contributed by atoms with van der Waals surface area (Å²) in [6.07, 6.45) is 3.59. The highest BCUT2D eigenvalue weighted by Crippen LogP contribution is 2.33. The molecule has 0 unspecified atom stereocenters. The summed E-state index contributed by atoms with van der Waals surface area (Å²) in [4.78, 5) is 34.9. The quantitative estimate of drug-likeness (QED) is 0.310. The number of rotatable bonds is 5. The average molecular weight is 612 g/mol. The third-order valence-electron chi connectivity index (χ3n) is 7.58. The number of piperazine rings is 1. The van der Waals surface area contributed by atoms with Crippen LogP contribution in [-0.4, -0.2) is 71.2 Å². The lowest BCUT2D eigenvalue weighted by Gasteiger charge is -2.35. The van der Waals surface area contributed by atoms with Gasteiger partial charge in [-0.1, -0.05) is 24.3 Å². The van der Waals surface area contributed by atoms with Crippen molar-refractivity contribution in [2.24, 2.45) is 0 Å². The average Bonchev–Trinajstić information content (AvgIpc) is 3.58. The zero-order valence-electron chi connectivity index (χ0n) is 24.6. The van der Waals surface area contributed by atoms with E-state index in [0.717, 1.165) is 36.4 Å². The van der Waals surface area contributed by atoms with Crippen LogP contribution in [0.25, 0.3) is 22.6 Å². The maximum Gasteiger partial charge on any atom is 0.410 e. The first-order chi connectivity index (χ1) is 19.0. The van der Waals surface area contributed by atoms with Crippen molar-refractivity contribution in [1.82, 2.24) is 34.3 Å². The van der Waals surface area contributed by atoms with Crippen LogP contribution in [0, 0.1) is 19.7 Å². The Morgan fingerprint density at radius 1 is 0.976 bits per heavy atom. The minimum atomic E-state index is -0.483. The monoisotopic (exact) mass is 611 g/mol. The molecule has 5 heterocycles. The van der Waals surface area contributed by atoms with Gasteiger partial charge in [0, 0.05) is 43.5 Å². The molecule has 2 aliphatic heterocycles. The number of imidazole rings is 1. The number of ether oxygens (including phenoxy) is 1. The summed E-state index contributed by atoms with van der Waals surface area (Å²) in [5.74, 6) is 0.858. The van der Waals surface area contributed by atoms with Gasteiger partial charge in [0.25, 0.3) is 0 Å². The molecule has 6 rings (SSSR count). The van der Waals surface area contributed by atoms with Crippen LogP contribution in [0.2, 0.25) is 0 Å². The highest BCUT2D eigenvalue weighted by Gasteiger charge is 2.46. The molecule has 224 valence electrons. The van der Waals surface area contributed by atoms with Gasteiger partial charge < -0.3 is 14.2 Å². The van der Waals surface area contributed by atoms with Gasteiger partial charge in [-0.05, 0) is 58.2 Å². The first-order valence-electron chi connectivity index (χ1n) is 13.7. The van der Waals surface area contributed by atoms with Crippen molar-refractivity contribution >= 4 is 44.2 Å². The molecular formula is C30H38FN7O2S2. The van der Waals surface area contributed by atoms with Crippen molar-refractivity contribution in [1.29, 1.82) is 0 Å². The number of amides is 1. The fourth-order valence-electron chi connectivity index (χ4n) is 5.83. The van der Waals surface area contributed by atoms with Gasteiger partial charge >= 0.3 is 6.09 Å². The molecule has 42 heavy (non-hydrogen) atoms. The van der Waals surface area contributed by atoms with Crippen LogP contribution in [-0.2, 0) is 17.8 Å². The number of carbonyl (C=O) groups excluding carboxylic acids is 1. The third kappa shape index (κ3) is 6.40. The topological polar surface area (TPSA) is 89.3 Å². The predicted octanol–water partition coefficient (Wildman–Crippen LogP) is 5.11. The Kier molecular flexibility index (Phi) is 9.19. The van der Waals surface area contributed by atoms with E-state index in [1.807, 2.05) is 44.1 Å². The minimum absolute atomic E-state index is 0. The molecule has 2 fully saturated rings. The van der Waals surface area contributed by atoms with Crippen LogP contribution >= 0.6 is 27.0 Å². The van der Waals surface area contributed by atoms with E-state index < -0.39 is 11.4 Å². The maximum absolute atomic E-state index is 14.0. The number of carbonyl (C=O) groups is 1. The van der Waals surface area contributed by atoms with Gasteiger partial charge in [-0.2, -0.15) is 27.0 Å². The number of pyridine rings is 1. The molecule has 0 aliphatic carbocycles. The van der Waals surface area contributed by atoms with Crippen molar-refractivity contribution in [3.05, 3.63) is 71.2 Å². The number of aromatic nitrogens is 5. The molecule has 4 aromatic rings. The van der Waals surface area contributed by atoms with Gasteiger partial charge in [0.05, 0.1) is 18.4 Å². The lowest BCUT2D eigenvalue weighted by Crippen LogP contribution is -2.49. The minimum Gasteiger partial charge on any atom is -0.444 e. The van der Waals surface area contributed by atoms with Gasteiger partial charge in [0.1, 0.15) is 28.6 Å². The number of nitrogens with zero attached hydrogens (tertiary/aromatic N) is 7. The molecule has 9 nitrogen and oxygen atoms in total. The molecule has 12 heteroatoms. The highest BCUT2D eigenvalue weighted by molar-refractivity contribution is 7.59. The van der Waals surface area contributed by atoms with E-state index in [0.29, 0.717) is 41.9 Å². The highest BCUT2D eigenvalue weighted by atomic mass is 32.1. The molecule has 2 aliphatic rings. The zero-order valence-corrected chi connectivity index (χ0v) is 26.6. The first kappa shape index (κ1) is 31.7. The predicted molar refractivity (Wildman–Crippen MR) is 170 cm³/mol. The van der Waals surface area contributed by atoms with E-state index in [2.05, 4.69) is 44.1 Å². The van der Waals surface area contributed by atoms with Crippen molar-refractivity contribution in [2.45, 2.75) is 71.8 Å². The van der Waals surface area contributed by atoms with E-state index in [4.69, 9.17) is 9.72 Å². The second kappa shape index (κ2) is 12.2. The van der Waals surface area contributed by atoms with E-state index in [9.17, 15) is 9.18 Å². The van der Waals surface area contributed by atoms with Crippen LogP contribution in [0.4, 0.5) is 9.18 Å². The van der Waals surface area contributed by atoms with Crippen LogP contribution in [0.1, 0.15) is 49.8 Å². The number of halogens is 1. The molecule has 2 bridgehead atoms. The molecule has 1 amide bonds. The number of aryl methyl sites for hydroxylation is 2. The van der Waals surface area contributed by atoms with Gasteiger partial charge in [-0.15, -0.1) is 0 Å². The van der Waals surface area contributed by atoms with Crippen molar-refractivity contribution < 1.29 is 13.9 Å². The SMILES string of the molecule is Cc1nc(C)c2nc(-c3cncc(F)c3)n(Cc3ccc(CN4C[C@@H]5C[C@H]4CN5C(=O)OC(C)(C)C)cc3)c2n1.S.S. The van der Waals surface area contributed by atoms with Crippen LogP contribution < -0.4 is 0 Å².